The zero-order valence-electron chi connectivity index (χ0n) is 14.5. The topological polar surface area (TPSA) is 85.3 Å². The molecule has 0 saturated carbocycles. The minimum Gasteiger partial charge on any atom is -0.493 e. The van der Waals surface area contributed by atoms with E-state index >= 15 is 0 Å². The maximum atomic E-state index is 12.9. The highest BCUT2D eigenvalue weighted by Gasteiger charge is 2.27. The third kappa shape index (κ3) is 4.51. The van der Waals surface area contributed by atoms with Crippen molar-refractivity contribution in [2.24, 2.45) is 0 Å². The van der Waals surface area contributed by atoms with Crippen molar-refractivity contribution in [3.05, 3.63) is 35.9 Å². The van der Waals surface area contributed by atoms with Crippen molar-refractivity contribution in [1.82, 2.24) is 4.90 Å². The standard InChI is InChI=1S/C18H23NO6/c1-4-5-12-8-13(9-15(23-2)17(12)24-3)18(22)19-6-7-25-14(11-19)10-16(20)21/h4,8-9,14H,1,5-7,10-11H2,2-3H3,(H,20,21). The van der Waals surface area contributed by atoms with E-state index in [1.807, 2.05) is 0 Å². The zero-order valence-corrected chi connectivity index (χ0v) is 14.5. The number of aliphatic carboxylic acids is 1. The normalized spacial score (nSPS) is 17.0. The van der Waals surface area contributed by atoms with Gasteiger partial charge in [-0.3, -0.25) is 9.59 Å². The molecule has 1 aromatic rings. The predicted molar refractivity (Wildman–Crippen MR) is 91.3 cm³/mol. The van der Waals surface area contributed by atoms with Crippen molar-refractivity contribution in [2.75, 3.05) is 33.9 Å². The van der Waals surface area contributed by atoms with Gasteiger partial charge in [0, 0.05) is 24.2 Å². The summed E-state index contributed by atoms with van der Waals surface area (Å²) in [6.07, 6.45) is 1.63. The van der Waals surface area contributed by atoms with Crippen LogP contribution in [0.2, 0.25) is 0 Å². The summed E-state index contributed by atoms with van der Waals surface area (Å²) in [6.45, 7) is 4.70. The molecule has 136 valence electrons. The summed E-state index contributed by atoms with van der Waals surface area (Å²) in [5, 5.41) is 8.91. The van der Waals surface area contributed by atoms with Crippen molar-refractivity contribution >= 4 is 11.9 Å². The van der Waals surface area contributed by atoms with Crippen molar-refractivity contribution in [1.29, 1.82) is 0 Å². The molecule has 1 atom stereocenters. The Labute approximate surface area is 146 Å². The van der Waals surface area contributed by atoms with Crippen molar-refractivity contribution < 1.29 is 28.9 Å². The minimum absolute atomic E-state index is 0.128. The Kier molecular flexibility index (Phi) is 6.41. The number of allylic oxidation sites excluding steroid dienone is 1. The average Bonchev–Trinajstić information content (AvgIpc) is 2.60. The molecular weight excluding hydrogens is 326 g/mol. The molecule has 0 bridgehead atoms. The van der Waals surface area contributed by atoms with Gasteiger partial charge in [-0.1, -0.05) is 6.08 Å². The van der Waals surface area contributed by atoms with E-state index in [1.54, 1.807) is 30.2 Å². The van der Waals surface area contributed by atoms with Crippen LogP contribution >= 0.6 is 0 Å². The van der Waals surface area contributed by atoms with Gasteiger partial charge in [0.1, 0.15) is 0 Å². The number of carbonyl (C=O) groups excluding carboxylic acids is 1. The summed E-state index contributed by atoms with van der Waals surface area (Å²) in [4.78, 5) is 25.3. The van der Waals surface area contributed by atoms with Crippen LogP contribution in [0.15, 0.2) is 24.8 Å². The smallest absolute Gasteiger partial charge is 0.306 e. The molecule has 7 heteroatoms. The second-order valence-corrected chi connectivity index (χ2v) is 5.71. The number of carboxylic acid groups (broad SMARTS) is 1. The summed E-state index contributed by atoms with van der Waals surface area (Å²) in [5.41, 5.74) is 1.26. The number of amides is 1. The SMILES string of the molecule is C=CCc1cc(C(=O)N2CCOC(CC(=O)O)C2)cc(OC)c1OC. The lowest BCUT2D eigenvalue weighted by atomic mass is 10.0. The van der Waals surface area contributed by atoms with Crippen molar-refractivity contribution in [3.63, 3.8) is 0 Å². The molecule has 2 rings (SSSR count). The number of morpholine rings is 1. The quantitative estimate of drug-likeness (QED) is 0.755. The molecule has 1 heterocycles. The van der Waals surface area contributed by atoms with Crippen LogP contribution in [-0.4, -0.2) is 61.9 Å². The number of rotatable bonds is 7. The fourth-order valence-corrected chi connectivity index (χ4v) is 2.88. The number of carboxylic acids is 1. The van der Waals surface area contributed by atoms with Gasteiger partial charge < -0.3 is 24.2 Å². The van der Waals surface area contributed by atoms with E-state index in [1.165, 1.54) is 7.11 Å². The molecular formula is C18H23NO6. The zero-order chi connectivity index (χ0) is 18.4. The highest BCUT2D eigenvalue weighted by molar-refractivity contribution is 5.95. The van der Waals surface area contributed by atoms with Gasteiger partial charge in [0.2, 0.25) is 0 Å². The number of carbonyl (C=O) groups is 2. The third-order valence-electron chi connectivity index (χ3n) is 4.00. The monoisotopic (exact) mass is 349 g/mol. The number of ether oxygens (including phenoxy) is 3. The van der Waals surface area contributed by atoms with Crippen LogP contribution in [0.4, 0.5) is 0 Å². The van der Waals surface area contributed by atoms with E-state index in [0.29, 0.717) is 36.6 Å². The molecule has 0 aromatic heterocycles. The van der Waals surface area contributed by atoms with E-state index in [4.69, 9.17) is 19.3 Å². The average molecular weight is 349 g/mol. The molecule has 1 unspecified atom stereocenters. The molecule has 25 heavy (non-hydrogen) atoms. The van der Waals surface area contributed by atoms with Crippen molar-refractivity contribution in [3.8, 4) is 11.5 Å². The molecule has 1 aliphatic rings. The van der Waals surface area contributed by atoms with Gasteiger partial charge in [0.15, 0.2) is 11.5 Å². The Balaban J connectivity index is 2.27. The van der Waals surface area contributed by atoms with E-state index in [9.17, 15) is 9.59 Å². The maximum absolute atomic E-state index is 12.9. The highest BCUT2D eigenvalue weighted by atomic mass is 16.5. The van der Waals surface area contributed by atoms with Gasteiger partial charge in [0.05, 0.1) is 33.4 Å². The van der Waals surface area contributed by atoms with E-state index in [0.717, 1.165) is 5.56 Å². The van der Waals surface area contributed by atoms with Crippen molar-refractivity contribution in [2.45, 2.75) is 18.9 Å². The Bertz CT molecular complexity index is 657. The molecule has 1 aliphatic heterocycles. The van der Waals surface area contributed by atoms with Gasteiger partial charge in [0.25, 0.3) is 5.91 Å². The Morgan fingerprint density at radius 3 is 2.76 bits per heavy atom. The van der Waals surface area contributed by atoms with Crippen LogP contribution in [0.5, 0.6) is 11.5 Å². The molecule has 1 saturated heterocycles. The molecule has 0 aliphatic carbocycles. The van der Waals surface area contributed by atoms with Gasteiger partial charge >= 0.3 is 5.97 Å². The molecule has 0 spiro atoms. The lowest BCUT2D eigenvalue weighted by Crippen LogP contribution is -2.46. The van der Waals surface area contributed by atoms with Gasteiger partial charge in [-0.25, -0.2) is 0 Å². The maximum Gasteiger partial charge on any atom is 0.306 e. The summed E-state index contributed by atoms with van der Waals surface area (Å²) in [5.74, 6) is -0.0890. The van der Waals surface area contributed by atoms with Crippen LogP contribution in [-0.2, 0) is 16.0 Å². The Hall–Kier alpha value is -2.54. The lowest BCUT2D eigenvalue weighted by Gasteiger charge is -2.32. The van der Waals surface area contributed by atoms with E-state index in [-0.39, 0.29) is 18.9 Å². The molecule has 1 aromatic carbocycles. The third-order valence-corrected chi connectivity index (χ3v) is 4.00. The van der Waals surface area contributed by atoms with Crippen LogP contribution in [0.3, 0.4) is 0 Å². The minimum atomic E-state index is -0.946. The van der Waals surface area contributed by atoms with Crippen LogP contribution in [0.25, 0.3) is 0 Å². The first-order valence-electron chi connectivity index (χ1n) is 7.98. The molecule has 0 radical (unpaired) electrons. The lowest BCUT2D eigenvalue weighted by molar-refractivity contribution is -0.141. The van der Waals surface area contributed by atoms with Gasteiger partial charge in [-0.05, 0) is 18.6 Å². The Morgan fingerprint density at radius 2 is 2.16 bits per heavy atom. The van der Waals surface area contributed by atoms with E-state index < -0.39 is 12.1 Å². The van der Waals surface area contributed by atoms with Gasteiger partial charge in [-0.15, -0.1) is 6.58 Å². The first-order chi connectivity index (χ1) is 12.0. The number of hydrogen-bond acceptors (Lipinski definition) is 5. The molecule has 1 N–H and O–H groups in total. The molecule has 1 fully saturated rings. The molecule has 7 nitrogen and oxygen atoms in total. The molecule has 1 amide bonds. The highest BCUT2D eigenvalue weighted by Crippen LogP contribution is 2.33. The summed E-state index contributed by atoms with van der Waals surface area (Å²) in [6, 6.07) is 3.39. The second-order valence-electron chi connectivity index (χ2n) is 5.71. The fraction of sp³-hybridized carbons (Fsp3) is 0.444. The number of methoxy groups -OCH3 is 2. The van der Waals surface area contributed by atoms with Crippen LogP contribution in [0, 0.1) is 0 Å². The predicted octanol–water partition coefficient (Wildman–Crippen LogP) is 1.75. The van der Waals surface area contributed by atoms with Crippen LogP contribution < -0.4 is 9.47 Å². The van der Waals surface area contributed by atoms with Crippen LogP contribution in [0.1, 0.15) is 22.3 Å². The second kappa shape index (κ2) is 8.53. The fourth-order valence-electron chi connectivity index (χ4n) is 2.88. The summed E-state index contributed by atoms with van der Waals surface area (Å²) >= 11 is 0. The summed E-state index contributed by atoms with van der Waals surface area (Å²) in [7, 11) is 3.06. The van der Waals surface area contributed by atoms with E-state index in [2.05, 4.69) is 6.58 Å². The van der Waals surface area contributed by atoms with Gasteiger partial charge in [-0.2, -0.15) is 0 Å². The Morgan fingerprint density at radius 1 is 1.40 bits per heavy atom. The number of hydrogen-bond donors (Lipinski definition) is 1. The number of benzene rings is 1. The summed E-state index contributed by atoms with van der Waals surface area (Å²) < 4.78 is 16.1. The first kappa shape index (κ1) is 18.8. The number of nitrogens with zero attached hydrogens (tertiary/aromatic N) is 1. The largest absolute Gasteiger partial charge is 0.493 e. The first-order valence-corrected chi connectivity index (χ1v) is 7.98.